The molecule has 1 heterocycles. The predicted molar refractivity (Wildman–Crippen MR) is 76.3 cm³/mol. The van der Waals surface area contributed by atoms with Crippen LogP contribution in [0.3, 0.4) is 0 Å². The third-order valence-electron chi connectivity index (χ3n) is 3.33. The molecule has 0 bridgehead atoms. The first-order valence-electron chi connectivity index (χ1n) is 6.77. The molecule has 0 spiro atoms. The Morgan fingerprint density at radius 1 is 1.45 bits per heavy atom. The van der Waals surface area contributed by atoms with Gasteiger partial charge in [-0.2, -0.15) is 0 Å². The van der Waals surface area contributed by atoms with Crippen LogP contribution in [0.4, 0.5) is 5.69 Å². The van der Waals surface area contributed by atoms with E-state index >= 15 is 0 Å². The Labute approximate surface area is 118 Å². The van der Waals surface area contributed by atoms with Crippen LogP contribution in [0.5, 0.6) is 5.75 Å². The molecule has 1 aliphatic rings. The number of primary amides is 1. The van der Waals surface area contributed by atoms with Gasteiger partial charge in [-0.05, 0) is 18.6 Å². The van der Waals surface area contributed by atoms with Crippen molar-refractivity contribution in [1.82, 2.24) is 4.90 Å². The summed E-state index contributed by atoms with van der Waals surface area (Å²) in [5.74, 6) is 0.360. The van der Waals surface area contributed by atoms with Crippen LogP contribution in [0.1, 0.15) is 6.42 Å². The summed E-state index contributed by atoms with van der Waals surface area (Å²) in [6, 6.07) is 7.08. The highest BCUT2D eigenvalue weighted by Gasteiger charge is 2.26. The second-order valence-corrected chi connectivity index (χ2v) is 4.77. The van der Waals surface area contributed by atoms with Gasteiger partial charge >= 0.3 is 0 Å². The topological polar surface area (TPSA) is 90.8 Å². The minimum absolute atomic E-state index is 0.328. The SMILES string of the molecule is NC(=O)C1COCCN1CCCOc1ccccc1N. The highest BCUT2D eigenvalue weighted by molar-refractivity contribution is 5.80. The number of carbonyl (C=O) groups is 1. The van der Waals surface area contributed by atoms with Gasteiger partial charge in [0.15, 0.2) is 0 Å². The summed E-state index contributed by atoms with van der Waals surface area (Å²) in [5, 5.41) is 0. The van der Waals surface area contributed by atoms with Gasteiger partial charge in [0.1, 0.15) is 11.8 Å². The highest BCUT2D eigenvalue weighted by atomic mass is 16.5. The monoisotopic (exact) mass is 279 g/mol. The Hall–Kier alpha value is -1.79. The van der Waals surface area contributed by atoms with E-state index in [1.165, 1.54) is 0 Å². The first-order valence-corrected chi connectivity index (χ1v) is 6.77. The number of hydrogen-bond acceptors (Lipinski definition) is 5. The third-order valence-corrected chi connectivity index (χ3v) is 3.33. The molecule has 4 N–H and O–H groups in total. The molecule has 0 radical (unpaired) electrons. The number of morpholine rings is 1. The van der Waals surface area contributed by atoms with Crippen LogP contribution < -0.4 is 16.2 Å². The molecular formula is C14H21N3O3. The Kier molecular flexibility index (Phi) is 5.20. The van der Waals surface area contributed by atoms with Crippen LogP contribution >= 0.6 is 0 Å². The van der Waals surface area contributed by atoms with Crippen molar-refractivity contribution in [2.75, 3.05) is 38.6 Å². The number of para-hydroxylation sites is 2. The number of ether oxygens (including phenoxy) is 2. The summed E-state index contributed by atoms with van der Waals surface area (Å²) in [6.07, 6.45) is 0.804. The van der Waals surface area contributed by atoms with Gasteiger partial charge in [0, 0.05) is 13.1 Å². The molecule has 0 aromatic heterocycles. The van der Waals surface area contributed by atoms with Crippen molar-refractivity contribution >= 4 is 11.6 Å². The molecule has 0 saturated carbocycles. The van der Waals surface area contributed by atoms with Crippen molar-refractivity contribution < 1.29 is 14.3 Å². The molecule has 1 amide bonds. The van der Waals surface area contributed by atoms with Gasteiger partial charge < -0.3 is 20.9 Å². The van der Waals surface area contributed by atoms with Crippen molar-refractivity contribution in [1.29, 1.82) is 0 Å². The standard InChI is InChI=1S/C14H21N3O3/c15-11-4-1-2-5-13(11)20-8-3-6-17-7-9-19-10-12(17)14(16)18/h1-2,4-5,12H,3,6-10,15H2,(H2,16,18). The summed E-state index contributed by atoms with van der Waals surface area (Å²) in [4.78, 5) is 13.4. The molecule has 6 nitrogen and oxygen atoms in total. The van der Waals surface area contributed by atoms with Crippen LogP contribution in [-0.4, -0.2) is 49.8 Å². The first kappa shape index (κ1) is 14.6. The van der Waals surface area contributed by atoms with E-state index in [9.17, 15) is 4.79 Å². The van der Waals surface area contributed by atoms with Crippen LogP contribution in [0.25, 0.3) is 0 Å². The largest absolute Gasteiger partial charge is 0.491 e. The van der Waals surface area contributed by atoms with Gasteiger partial charge in [-0.25, -0.2) is 0 Å². The maximum atomic E-state index is 11.3. The van der Waals surface area contributed by atoms with Gasteiger partial charge in [-0.15, -0.1) is 0 Å². The van der Waals surface area contributed by atoms with Crippen LogP contribution in [0.2, 0.25) is 0 Å². The average molecular weight is 279 g/mol. The quantitative estimate of drug-likeness (QED) is 0.574. The molecule has 1 unspecified atom stereocenters. The maximum Gasteiger partial charge on any atom is 0.237 e. The number of benzene rings is 1. The number of amides is 1. The number of nitrogens with two attached hydrogens (primary N) is 2. The second kappa shape index (κ2) is 7.12. The van der Waals surface area contributed by atoms with Gasteiger partial charge in [-0.3, -0.25) is 9.69 Å². The van der Waals surface area contributed by atoms with Crippen molar-refractivity contribution in [3.8, 4) is 5.75 Å². The van der Waals surface area contributed by atoms with Crippen molar-refractivity contribution in [3.63, 3.8) is 0 Å². The van der Waals surface area contributed by atoms with E-state index < -0.39 is 0 Å². The molecule has 1 aromatic carbocycles. The van der Waals surface area contributed by atoms with E-state index in [-0.39, 0.29) is 11.9 Å². The Morgan fingerprint density at radius 3 is 3.00 bits per heavy atom. The van der Waals surface area contributed by atoms with Crippen molar-refractivity contribution in [2.45, 2.75) is 12.5 Å². The fourth-order valence-electron chi connectivity index (χ4n) is 2.23. The van der Waals surface area contributed by atoms with Crippen LogP contribution in [0, 0.1) is 0 Å². The van der Waals surface area contributed by atoms with Gasteiger partial charge in [-0.1, -0.05) is 12.1 Å². The summed E-state index contributed by atoms with van der Waals surface area (Å²) in [6.45, 7) is 3.04. The molecule has 1 atom stereocenters. The molecule has 0 aliphatic carbocycles. The Morgan fingerprint density at radius 2 is 2.25 bits per heavy atom. The number of nitrogens with zero attached hydrogens (tertiary/aromatic N) is 1. The van der Waals surface area contributed by atoms with E-state index in [1.807, 2.05) is 23.1 Å². The molecule has 1 saturated heterocycles. The minimum atomic E-state index is -0.335. The molecule has 1 aliphatic heterocycles. The fourth-order valence-corrected chi connectivity index (χ4v) is 2.23. The summed E-state index contributed by atoms with van der Waals surface area (Å²) in [5.41, 5.74) is 11.8. The lowest BCUT2D eigenvalue weighted by atomic mass is 10.2. The summed E-state index contributed by atoms with van der Waals surface area (Å²) in [7, 11) is 0. The molecule has 110 valence electrons. The number of anilines is 1. The lowest BCUT2D eigenvalue weighted by Crippen LogP contribution is -2.52. The Balaban J connectivity index is 1.75. The molecule has 6 heteroatoms. The predicted octanol–water partition coefficient (Wildman–Crippen LogP) is 0.224. The number of rotatable bonds is 6. The number of carbonyl (C=O) groups excluding carboxylic acids is 1. The lowest BCUT2D eigenvalue weighted by Gasteiger charge is -2.33. The van der Waals surface area contributed by atoms with E-state index in [0.717, 1.165) is 19.5 Å². The van der Waals surface area contributed by atoms with E-state index in [1.54, 1.807) is 6.07 Å². The maximum absolute atomic E-state index is 11.3. The normalized spacial score (nSPS) is 19.7. The zero-order chi connectivity index (χ0) is 14.4. The molecule has 20 heavy (non-hydrogen) atoms. The molecule has 1 aromatic rings. The van der Waals surface area contributed by atoms with Gasteiger partial charge in [0.2, 0.25) is 5.91 Å². The minimum Gasteiger partial charge on any atom is -0.491 e. The van der Waals surface area contributed by atoms with Crippen LogP contribution in [-0.2, 0) is 9.53 Å². The van der Waals surface area contributed by atoms with Crippen molar-refractivity contribution in [2.24, 2.45) is 5.73 Å². The highest BCUT2D eigenvalue weighted by Crippen LogP contribution is 2.19. The molecule has 2 rings (SSSR count). The van der Waals surface area contributed by atoms with E-state index in [0.29, 0.717) is 31.3 Å². The fraction of sp³-hybridized carbons (Fsp3) is 0.500. The number of nitrogen functional groups attached to an aromatic ring is 1. The zero-order valence-electron chi connectivity index (χ0n) is 11.5. The van der Waals surface area contributed by atoms with Gasteiger partial charge in [0.05, 0.1) is 25.5 Å². The van der Waals surface area contributed by atoms with E-state index in [2.05, 4.69) is 0 Å². The van der Waals surface area contributed by atoms with Crippen molar-refractivity contribution in [3.05, 3.63) is 24.3 Å². The smallest absolute Gasteiger partial charge is 0.237 e. The first-order chi connectivity index (χ1) is 9.68. The summed E-state index contributed by atoms with van der Waals surface area (Å²) < 4.78 is 10.9. The summed E-state index contributed by atoms with van der Waals surface area (Å²) >= 11 is 0. The number of hydrogen-bond donors (Lipinski definition) is 2. The average Bonchev–Trinajstić information content (AvgIpc) is 2.45. The lowest BCUT2D eigenvalue weighted by molar-refractivity contribution is -0.129. The Bertz CT molecular complexity index is 453. The third kappa shape index (κ3) is 3.85. The molecular weight excluding hydrogens is 258 g/mol. The molecule has 1 fully saturated rings. The van der Waals surface area contributed by atoms with Gasteiger partial charge in [0.25, 0.3) is 0 Å². The van der Waals surface area contributed by atoms with Crippen LogP contribution in [0.15, 0.2) is 24.3 Å². The second-order valence-electron chi connectivity index (χ2n) is 4.77. The van der Waals surface area contributed by atoms with E-state index in [4.69, 9.17) is 20.9 Å². The zero-order valence-corrected chi connectivity index (χ0v) is 11.5.